The summed E-state index contributed by atoms with van der Waals surface area (Å²) < 4.78 is 5.10. The number of ether oxygens (including phenoxy) is 1. The Hall–Kier alpha value is -2.08. The number of halogens is 1. The zero-order valence-electron chi connectivity index (χ0n) is 15.7. The van der Waals surface area contributed by atoms with Crippen LogP contribution in [0.1, 0.15) is 31.7 Å². The van der Waals surface area contributed by atoms with Gasteiger partial charge in [0.15, 0.2) is 0 Å². The van der Waals surface area contributed by atoms with Crippen molar-refractivity contribution >= 4 is 35.1 Å². The molecule has 2 amide bonds. The van der Waals surface area contributed by atoms with Gasteiger partial charge in [0.2, 0.25) is 11.8 Å². The van der Waals surface area contributed by atoms with Crippen LogP contribution in [0, 0.1) is 18.8 Å². The van der Waals surface area contributed by atoms with E-state index in [4.69, 9.17) is 16.3 Å². The normalized spacial score (nSPS) is 22.9. The summed E-state index contributed by atoms with van der Waals surface area (Å²) in [6.45, 7) is 5.36. The zero-order chi connectivity index (χ0) is 19.6. The Balaban J connectivity index is 1.66. The fourth-order valence-electron chi connectivity index (χ4n) is 3.76. The summed E-state index contributed by atoms with van der Waals surface area (Å²) in [4.78, 5) is 40.7. The number of rotatable bonds is 4. The third-order valence-electron chi connectivity index (χ3n) is 5.29. The maximum atomic E-state index is 12.9. The van der Waals surface area contributed by atoms with Crippen LogP contribution in [0.2, 0.25) is 5.02 Å². The van der Waals surface area contributed by atoms with E-state index in [1.165, 1.54) is 0 Å². The first-order valence-electron chi connectivity index (χ1n) is 9.42. The van der Waals surface area contributed by atoms with E-state index in [1.54, 1.807) is 22.8 Å². The molecule has 6 nitrogen and oxygen atoms in total. The molecule has 0 aromatic heterocycles. The van der Waals surface area contributed by atoms with Gasteiger partial charge in [-0.2, -0.15) is 0 Å². The molecule has 1 aromatic rings. The molecule has 0 saturated carbocycles. The summed E-state index contributed by atoms with van der Waals surface area (Å²) >= 11 is 6.18. The van der Waals surface area contributed by atoms with E-state index in [0.717, 1.165) is 18.4 Å². The first-order chi connectivity index (χ1) is 12.9. The number of carbonyl (C=O) groups excluding carboxylic acids is 3. The number of benzene rings is 1. The second kappa shape index (κ2) is 8.30. The topological polar surface area (TPSA) is 66.9 Å². The lowest BCUT2D eigenvalue weighted by Gasteiger charge is -2.33. The Kier molecular flexibility index (Phi) is 6.05. The molecular weight excluding hydrogens is 368 g/mol. The fraction of sp³-hybridized carbons (Fsp3) is 0.550. The minimum absolute atomic E-state index is 0.0574. The predicted octanol–water partition coefficient (Wildman–Crippen LogP) is 2.80. The van der Waals surface area contributed by atoms with Crippen LogP contribution in [0.25, 0.3) is 0 Å². The van der Waals surface area contributed by atoms with E-state index in [2.05, 4.69) is 0 Å². The minimum Gasteiger partial charge on any atom is -0.466 e. The van der Waals surface area contributed by atoms with E-state index in [9.17, 15) is 14.4 Å². The molecule has 27 heavy (non-hydrogen) atoms. The number of esters is 1. The third-order valence-corrected chi connectivity index (χ3v) is 5.70. The number of anilines is 1. The molecule has 0 N–H and O–H groups in total. The Morgan fingerprint density at radius 2 is 2.04 bits per heavy atom. The maximum Gasteiger partial charge on any atom is 0.310 e. The molecule has 0 aliphatic carbocycles. The van der Waals surface area contributed by atoms with Crippen LogP contribution in [0.5, 0.6) is 0 Å². The van der Waals surface area contributed by atoms with Gasteiger partial charge < -0.3 is 14.5 Å². The molecule has 0 unspecified atom stereocenters. The lowest BCUT2D eigenvalue weighted by Crippen LogP contribution is -2.45. The van der Waals surface area contributed by atoms with E-state index < -0.39 is 5.92 Å². The minimum atomic E-state index is -0.390. The molecule has 7 heteroatoms. The second-order valence-corrected chi connectivity index (χ2v) is 7.62. The number of nitrogens with zero attached hydrogens (tertiary/aromatic N) is 2. The third kappa shape index (κ3) is 4.26. The van der Waals surface area contributed by atoms with Crippen molar-refractivity contribution in [2.45, 2.75) is 33.1 Å². The van der Waals surface area contributed by atoms with E-state index >= 15 is 0 Å². The molecule has 146 valence electrons. The number of amides is 2. The molecule has 2 heterocycles. The van der Waals surface area contributed by atoms with Crippen molar-refractivity contribution in [1.82, 2.24) is 4.90 Å². The number of hydrogen-bond acceptors (Lipinski definition) is 4. The molecule has 2 fully saturated rings. The van der Waals surface area contributed by atoms with Crippen LogP contribution in [-0.4, -0.2) is 48.9 Å². The summed E-state index contributed by atoms with van der Waals surface area (Å²) in [6.07, 6.45) is 1.69. The first-order valence-corrected chi connectivity index (χ1v) is 9.80. The van der Waals surface area contributed by atoms with Gasteiger partial charge in [0, 0.05) is 36.8 Å². The monoisotopic (exact) mass is 392 g/mol. The highest BCUT2D eigenvalue weighted by atomic mass is 35.5. The largest absolute Gasteiger partial charge is 0.466 e. The van der Waals surface area contributed by atoms with E-state index in [1.807, 2.05) is 19.1 Å². The predicted molar refractivity (Wildman–Crippen MR) is 103 cm³/mol. The Labute approximate surface area is 164 Å². The van der Waals surface area contributed by atoms with Gasteiger partial charge in [-0.3, -0.25) is 14.4 Å². The van der Waals surface area contributed by atoms with Crippen LogP contribution in [0.3, 0.4) is 0 Å². The van der Waals surface area contributed by atoms with Crippen LogP contribution in [0.15, 0.2) is 18.2 Å². The molecule has 2 aliphatic heterocycles. The van der Waals surface area contributed by atoms with Crippen molar-refractivity contribution in [1.29, 1.82) is 0 Å². The van der Waals surface area contributed by atoms with Crippen molar-refractivity contribution in [3.05, 3.63) is 28.8 Å². The lowest BCUT2D eigenvalue weighted by molar-refractivity contribution is -0.152. The molecule has 3 rings (SSSR count). The smallest absolute Gasteiger partial charge is 0.310 e. The van der Waals surface area contributed by atoms with Gasteiger partial charge in [-0.15, -0.1) is 0 Å². The number of aryl methyl sites for hydroxylation is 1. The van der Waals surface area contributed by atoms with Crippen molar-refractivity contribution in [2.75, 3.05) is 31.1 Å². The number of piperidine rings is 1. The number of carbonyl (C=O) groups is 3. The molecule has 0 bridgehead atoms. The molecular formula is C20H25ClN2O4. The summed E-state index contributed by atoms with van der Waals surface area (Å²) in [7, 11) is 0. The Morgan fingerprint density at radius 3 is 2.74 bits per heavy atom. The van der Waals surface area contributed by atoms with Gasteiger partial charge in [0.1, 0.15) is 0 Å². The summed E-state index contributed by atoms with van der Waals surface area (Å²) in [5.41, 5.74) is 1.66. The molecule has 2 aliphatic rings. The van der Waals surface area contributed by atoms with Gasteiger partial charge in [-0.05, 0) is 44.4 Å². The molecule has 2 saturated heterocycles. The molecule has 2 atom stereocenters. The summed E-state index contributed by atoms with van der Waals surface area (Å²) in [6, 6.07) is 5.48. The summed E-state index contributed by atoms with van der Waals surface area (Å²) in [5, 5.41) is 0.600. The lowest BCUT2D eigenvalue weighted by atomic mass is 9.96. The average molecular weight is 393 g/mol. The molecule has 0 radical (unpaired) electrons. The van der Waals surface area contributed by atoms with Gasteiger partial charge in [-0.1, -0.05) is 17.7 Å². The quantitative estimate of drug-likeness (QED) is 0.739. The first kappa shape index (κ1) is 19.7. The highest BCUT2D eigenvalue weighted by molar-refractivity contribution is 6.31. The van der Waals surface area contributed by atoms with E-state index in [0.29, 0.717) is 37.0 Å². The van der Waals surface area contributed by atoms with Gasteiger partial charge in [0.05, 0.1) is 18.4 Å². The van der Waals surface area contributed by atoms with Crippen molar-refractivity contribution in [2.24, 2.45) is 11.8 Å². The highest BCUT2D eigenvalue weighted by Gasteiger charge is 2.39. The number of hydrogen-bond donors (Lipinski definition) is 0. The van der Waals surface area contributed by atoms with Crippen LogP contribution in [0.4, 0.5) is 5.69 Å². The Bertz CT molecular complexity index is 751. The van der Waals surface area contributed by atoms with Crippen molar-refractivity contribution in [3.8, 4) is 0 Å². The molecule has 1 aromatic carbocycles. The molecule has 0 spiro atoms. The fourth-order valence-corrected chi connectivity index (χ4v) is 3.93. The highest BCUT2D eigenvalue weighted by Crippen LogP contribution is 2.30. The van der Waals surface area contributed by atoms with E-state index in [-0.39, 0.29) is 30.1 Å². The number of likely N-dealkylation sites (tertiary alicyclic amines) is 1. The summed E-state index contributed by atoms with van der Waals surface area (Å²) in [5.74, 6) is -1.04. The standard InChI is InChI=1S/C20H25ClN2O4/c1-3-27-20(26)14-5-4-8-22(11-14)19(25)15-9-18(24)23(12-15)16-7-6-13(2)17(21)10-16/h6-7,10,14-15H,3-5,8-9,11-12H2,1-2H3/t14-,15+/m1/s1. The van der Waals surface area contributed by atoms with Gasteiger partial charge >= 0.3 is 5.97 Å². The average Bonchev–Trinajstić information content (AvgIpc) is 3.05. The van der Waals surface area contributed by atoms with Gasteiger partial charge in [-0.25, -0.2) is 0 Å². The van der Waals surface area contributed by atoms with Gasteiger partial charge in [0.25, 0.3) is 0 Å². The second-order valence-electron chi connectivity index (χ2n) is 7.21. The van der Waals surface area contributed by atoms with Crippen LogP contribution >= 0.6 is 11.6 Å². The van der Waals surface area contributed by atoms with Crippen molar-refractivity contribution < 1.29 is 19.1 Å². The zero-order valence-corrected chi connectivity index (χ0v) is 16.5. The SMILES string of the molecule is CCOC(=O)[C@@H]1CCCN(C(=O)[C@H]2CC(=O)N(c3ccc(C)c(Cl)c3)C2)C1. The maximum absolute atomic E-state index is 12.9. The van der Waals surface area contributed by atoms with Crippen molar-refractivity contribution in [3.63, 3.8) is 0 Å². The van der Waals surface area contributed by atoms with Crippen LogP contribution in [-0.2, 0) is 19.1 Å². The van der Waals surface area contributed by atoms with Crippen LogP contribution < -0.4 is 4.90 Å². The Morgan fingerprint density at radius 1 is 1.26 bits per heavy atom.